The van der Waals surface area contributed by atoms with Crippen LogP contribution in [0, 0.1) is 5.92 Å². The number of nitrogens with one attached hydrogen (secondary N) is 1. The molecule has 0 saturated carbocycles. The molecule has 0 bridgehead atoms. The van der Waals surface area contributed by atoms with Gasteiger partial charge in [0.05, 0.1) is 6.54 Å². The Bertz CT molecular complexity index is 584. The fourth-order valence-corrected chi connectivity index (χ4v) is 2.98. The van der Waals surface area contributed by atoms with Gasteiger partial charge in [0.15, 0.2) is 0 Å². The zero-order valence-electron chi connectivity index (χ0n) is 15.2. The van der Waals surface area contributed by atoms with Crippen molar-refractivity contribution in [3.63, 3.8) is 0 Å². The van der Waals surface area contributed by atoms with Gasteiger partial charge in [0.25, 0.3) is 0 Å². The van der Waals surface area contributed by atoms with Crippen LogP contribution in [0.25, 0.3) is 0 Å². The molecule has 0 aliphatic carbocycles. The minimum atomic E-state index is -0.0192. The van der Waals surface area contributed by atoms with Gasteiger partial charge in [-0.15, -0.1) is 0 Å². The number of hydrogen-bond donors (Lipinski definition) is 1. The van der Waals surface area contributed by atoms with E-state index in [0.717, 1.165) is 30.9 Å². The lowest BCUT2D eigenvalue weighted by atomic mass is 10.2. The van der Waals surface area contributed by atoms with Crippen molar-refractivity contribution in [2.45, 2.75) is 46.6 Å². The Morgan fingerprint density at radius 1 is 1.29 bits per heavy atom. The van der Waals surface area contributed by atoms with Crippen molar-refractivity contribution in [3.8, 4) is 0 Å². The van der Waals surface area contributed by atoms with Crippen LogP contribution in [-0.4, -0.2) is 42.4 Å². The van der Waals surface area contributed by atoms with Crippen LogP contribution >= 0.6 is 0 Å². The molecule has 1 aromatic rings. The monoisotopic (exact) mass is 331 g/mol. The Hall–Kier alpha value is -1.88. The van der Waals surface area contributed by atoms with Crippen LogP contribution in [0.15, 0.2) is 24.3 Å². The molecule has 0 unspecified atom stereocenters. The fourth-order valence-electron chi connectivity index (χ4n) is 2.98. The molecule has 5 heteroatoms. The van der Waals surface area contributed by atoms with Gasteiger partial charge in [-0.05, 0) is 44.4 Å². The molecule has 0 radical (unpaired) electrons. The molecule has 1 saturated heterocycles. The minimum Gasteiger partial charge on any atom is -0.325 e. The number of carbonyl (C=O) groups excluding carboxylic acids is 2. The Labute approximate surface area is 145 Å². The van der Waals surface area contributed by atoms with Crippen molar-refractivity contribution in [1.82, 2.24) is 4.90 Å². The number of benzene rings is 1. The number of hydrogen-bond acceptors (Lipinski definition) is 3. The first kappa shape index (κ1) is 18.5. The summed E-state index contributed by atoms with van der Waals surface area (Å²) in [5, 5.41) is 2.96. The number of rotatable bonds is 7. The summed E-state index contributed by atoms with van der Waals surface area (Å²) in [6.07, 6.45) is 1.50. The molecule has 1 heterocycles. The van der Waals surface area contributed by atoms with Crippen molar-refractivity contribution in [2.75, 3.05) is 29.9 Å². The minimum absolute atomic E-state index is 0.0192. The molecule has 2 amide bonds. The summed E-state index contributed by atoms with van der Waals surface area (Å²) in [4.78, 5) is 28.2. The summed E-state index contributed by atoms with van der Waals surface area (Å²) < 4.78 is 0. The Kier molecular flexibility index (Phi) is 6.37. The van der Waals surface area contributed by atoms with E-state index in [-0.39, 0.29) is 11.8 Å². The van der Waals surface area contributed by atoms with Gasteiger partial charge in [-0.2, -0.15) is 0 Å². The molecule has 5 nitrogen and oxygen atoms in total. The van der Waals surface area contributed by atoms with Crippen LogP contribution in [-0.2, 0) is 9.59 Å². The fraction of sp³-hybridized carbons (Fsp3) is 0.579. The highest BCUT2D eigenvalue weighted by Crippen LogP contribution is 2.24. The number of carbonyl (C=O) groups is 2. The van der Waals surface area contributed by atoms with E-state index in [9.17, 15) is 9.59 Å². The third kappa shape index (κ3) is 5.06. The molecule has 0 spiro atoms. The van der Waals surface area contributed by atoms with E-state index in [4.69, 9.17) is 0 Å². The molecule has 1 N–H and O–H groups in total. The summed E-state index contributed by atoms with van der Waals surface area (Å²) in [6.45, 7) is 10.6. The molecule has 0 aromatic heterocycles. The standard InChI is InChI=1S/C19H29N3O2/c1-14(2)12-21(15(3)4)13-18(23)20-16-7-5-8-17(11-16)22-10-6-9-19(22)24/h5,7-8,11,14-15H,6,9-10,12-13H2,1-4H3,(H,20,23). The highest BCUT2D eigenvalue weighted by Gasteiger charge is 2.22. The van der Waals surface area contributed by atoms with Crippen LogP contribution in [0.3, 0.4) is 0 Å². The maximum absolute atomic E-state index is 12.4. The summed E-state index contributed by atoms with van der Waals surface area (Å²) in [5.41, 5.74) is 1.60. The lowest BCUT2D eigenvalue weighted by Crippen LogP contribution is -2.40. The molecule has 0 atom stereocenters. The first-order valence-corrected chi connectivity index (χ1v) is 8.81. The molecular weight excluding hydrogens is 302 g/mol. The second kappa shape index (κ2) is 8.29. The van der Waals surface area contributed by atoms with Crippen molar-refractivity contribution in [1.29, 1.82) is 0 Å². The summed E-state index contributed by atoms with van der Waals surface area (Å²) in [6, 6.07) is 7.86. The van der Waals surface area contributed by atoms with E-state index >= 15 is 0 Å². The second-order valence-corrected chi connectivity index (χ2v) is 7.16. The van der Waals surface area contributed by atoms with Gasteiger partial charge in [-0.25, -0.2) is 0 Å². The lowest BCUT2D eigenvalue weighted by Gasteiger charge is -2.27. The van der Waals surface area contributed by atoms with E-state index in [1.165, 1.54) is 0 Å². The highest BCUT2D eigenvalue weighted by atomic mass is 16.2. The van der Waals surface area contributed by atoms with Crippen molar-refractivity contribution >= 4 is 23.2 Å². The lowest BCUT2D eigenvalue weighted by molar-refractivity contribution is -0.118. The van der Waals surface area contributed by atoms with Crippen molar-refractivity contribution < 1.29 is 9.59 Å². The van der Waals surface area contributed by atoms with E-state index in [1.54, 1.807) is 4.90 Å². The first-order chi connectivity index (χ1) is 11.4. The zero-order valence-corrected chi connectivity index (χ0v) is 15.2. The van der Waals surface area contributed by atoms with Crippen molar-refractivity contribution in [2.24, 2.45) is 5.92 Å². The molecule has 132 valence electrons. The molecule has 1 aliphatic rings. The predicted octanol–water partition coefficient (Wildman–Crippen LogP) is 3.12. The maximum Gasteiger partial charge on any atom is 0.238 e. The van der Waals surface area contributed by atoms with Gasteiger partial charge < -0.3 is 10.2 Å². The third-order valence-electron chi connectivity index (χ3n) is 4.19. The van der Waals surface area contributed by atoms with Gasteiger partial charge >= 0.3 is 0 Å². The van der Waals surface area contributed by atoms with Crippen LogP contribution in [0.1, 0.15) is 40.5 Å². The number of amides is 2. The van der Waals surface area contributed by atoms with Crippen LogP contribution < -0.4 is 10.2 Å². The van der Waals surface area contributed by atoms with Gasteiger partial charge in [0.2, 0.25) is 11.8 Å². The molecule has 24 heavy (non-hydrogen) atoms. The molecule has 1 aliphatic heterocycles. The summed E-state index contributed by atoms with van der Waals surface area (Å²) in [5.74, 6) is 0.653. The van der Waals surface area contributed by atoms with E-state index in [0.29, 0.717) is 24.9 Å². The van der Waals surface area contributed by atoms with Gasteiger partial charge in [-0.1, -0.05) is 19.9 Å². The van der Waals surface area contributed by atoms with E-state index < -0.39 is 0 Å². The van der Waals surface area contributed by atoms with E-state index in [1.807, 2.05) is 24.3 Å². The summed E-state index contributed by atoms with van der Waals surface area (Å²) in [7, 11) is 0. The van der Waals surface area contributed by atoms with Gasteiger partial charge in [0, 0.05) is 36.9 Å². The normalized spacial score (nSPS) is 15.0. The first-order valence-electron chi connectivity index (χ1n) is 8.81. The van der Waals surface area contributed by atoms with Crippen molar-refractivity contribution in [3.05, 3.63) is 24.3 Å². The smallest absolute Gasteiger partial charge is 0.238 e. The van der Waals surface area contributed by atoms with Crippen LogP contribution in [0.5, 0.6) is 0 Å². The average molecular weight is 331 g/mol. The second-order valence-electron chi connectivity index (χ2n) is 7.16. The SMILES string of the molecule is CC(C)CN(CC(=O)Nc1cccc(N2CCCC2=O)c1)C(C)C. The highest BCUT2D eigenvalue weighted by molar-refractivity contribution is 5.97. The number of nitrogens with zero attached hydrogens (tertiary/aromatic N) is 2. The van der Waals surface area contributed by atoms with Crippen LogP contribution in [0.2, 0.25) is 0 Å². The Morgan fingerprint density at radius 3 is 2.62 bits per heavy atom. The maximum atomic E-state index is 12.4. The molecular formula is C19H29N3O2. The predicted molar refractivity (Wildman–Crippen MR) is 98.2 cm³/mol. The third-order valence-corrected chi connectivity index (χ3v) is 4.19. The molecule has 1 aromatic carbocycles. The molecule has 1 fully saturated rings. The summed E-state index contributed by atoms with van der Waals surface area (Å²) >= 11 is 0. The quantitative estimate of drug-likeness (QED) is 0.835. The van der Waals surface area contributed by atoms with E-state index in [2.05, 4.69) is 37.9 Å². The van der Waals surface area contributed by atoms with Gasteiger partial charge in [0.1, 0.15) is 0 Å². The largest absolute Gasteiger partial charge is 0.325 e. The number of anilines is 2. The Morgan fingerprint density at radius 2 is 2.04 bits per heavy atom. The topological polar surface area (TPSA) is 52.7 Å². The molecule has 2 rings (SSSR count). The van der Waals surface area contributed by atoms with Crippen LogP contribution in [0.4, 0.5) is 11.4 Å². The Balaban J connectivity index is 1.99. The average Bonchev–Trinajstić information content (AvgIpc) is 2.92. The van der Waals surface area contributed by atoms with Gasteiger partial charge in [-0.3, -0.25) is 14.5 Å². The zero-order chi connectivity index (χ0) is 17.7.